The van der Waals surface area contributed by atoms with Crippen LogP contribution in [0.2, 0.25) is 0 Å². The summed E-state index contributed by atoms with van der Waals surface area (Å²) in [6.07, 6.45) is -0.531. The molecule has 2 amide bonds. The minimum Gasteiger partial charge on any atom is -0.548 e. The molecular formula is C13H25N3O8. The molecule has 0 rings (SSSR count). The molecule has 140 valence electrons. The van der Waals surface area contributed by atoms with Gasteiger partial charge >= 0.3 is 18.2 Å². The quantitative estimate of drug-likeness (QED) is 0.403. The van der Waals surface area contributed by atoms with E-state index in [2.05, 4.69) is 0 Å². The number of amides is 2. The Morgan fingerprint density at radius 1 is 1.04 bits per heavy atom. The number of quaternary nitrogens is 1. The van der Waals surface area contributed by atoms with Crippen LogP contribution in [-0.4, -0.2) is 55.5 Å². The second-order valence-electron chi connectivity index (χ2n) is 5.19. The van der Waals surface area contributed by atoms with E-state index in [4.69, 9.17) is 14.6 Å². The van der Waals surface area contributed by atoms with Gasteiger partial charge in [0.15, 0.2) is 0 Å². The molecule has 11 heteroatoms. The normalized spacial score (nSPS) is 12.1. The number of nitrogens with one attached hydrogen (secondary N) is 2. The SMILES string of the molecule is CCCC(C)(COC(=O)NCC(=O)[O-])COC(=O)NCC(=O)O.[NH4+]. The number of carbonyl (C=O) groups excluding carboxylic acids is 3. The maximum atomic E-state index is 11.3. The lowest BCUT2D eigenvalue weighted by Gasteiger charge is -2.28. The van der Waals surface area contributed by atoms with E-state index >= 15 is 0 Å². The van der Waals surface area contributed by atoms with Crippen LogP contribution in [0.25, 0.3) is 0 Å². The first-order valence-corrected chi connectivity index (χ1v) is 6.91. The van der Waals surface area contributed by atoms with Crippen molar-refractivity contribution in [3.05, 3.63) is 0 Å². The lowest BCUT2D eigenvalue weighted by molar-refractivity contribution is -0.303. The van der Waals surface area contributed by atoms with E-state index in [1.54, 1.807) is 6.92 Å². The number of hydrogen-bond acceptors (Lipinski definition) is 7. The van der Waals surface area contributed by atoms with Gasteiger partial charge in [-0.3, -0.25) is 4.79 Å². The van der Waals surface area contributed by atoms with Gasteiger partial charge in [0.2, 0.25) is 0 Å². The second kappa shape index (κ2) is 11.9. The van der Waals surface area contributed by atoms with Crippen LogP contribution in [0.15, 0.2) is 0 Å². The van der Waals surface area contributed by atoms with Crippen LogP contribution >= 0.6 is 0 Å². The number of carboxylic acids is 2. The predicted octanol–water partition coefficient (Wildman–Crippen LogP) is -0.544. The van der Waals surface area contributed by atoms with E-state index in [1.165, 1.54) is 0 Å². The molecular weight excluding hydrogens is 326 g/mol. The van der Waals surface area contributed by atoms with Crippen LogP contribution in [0.3, 0.4) is 0 Å². The van der Waals surface area contributed by atoms with Crippen molar-refractivity contribution >= 4 is 24.1 Å². The Labute approximate surface area is 139 Å². The van der Waals surface area contributed by atoms with Crippen molar-refractivity contribution in [2.24, 2.45) is 5.41 Å². The fraction of sp³-hybridized carbons (Fsp3) is 0.692. The molecule has 0 aliphatic heterocycles. The molecule has 1 unspecified atom stereocenters. The molecule has 1 atom stereocenters. The minimum atomic E-state index is -1.45. The van der Waals surface area contributed by atoms with E-state index in [9.17, 15) is 24.3 Å². The molecule has 11 nitrogen and oxygen atoms in total. The Hall–Kier alpha value is -2.56. The van der Waals surface area contributed by atoms with Crippen molar-refractivity contribution in [2.45, 2.75) is 26.7 Å². The molecule has 0 radical (unpaired) electrons. The van der Waals surface area contributed by atoms with Gasteiger partial charge in [-0.25, -0.2) is 9.59 Å². The van der Waals surface area contributed by atoms with Crippen molar-refractivity contribution in [2.75, 3.05) is 26.3 Å². The van der Waals surface area contributed by atoms with Gasteiger partial charge in [0.05, 0.1) is 12.5 Å². The summed E-state index contributed by atoms with van der Waals surface area (Å²) in [6.45, 7) is 2.17. The zero-order valence-electron chi connectivity index (χ0n) is 14.0. The summed E-state index contributed by atoms with van der Waals surface area (Å²) < 4.78 is 9.81. The predicted molar refractivity (Wildman–Crippen MR) is 80.3 cm³/mol. The van der Waals surface area contributed by atoms with Gasteiger partial charge < -0.3 is 41.3 Å². The third-order valence-electron chi connectivity index (χ3n) is 2.72. The van der Waals surface area contributed by atoms with E-state index < -0.39 is 42.6 Å². The lowest BCUT2D eigenvalue weighted by atomic mass is 9.87. The van der Waals surface area contributed by atoms with Crippen LogP contribution in [0.1, 0.15) is 26.7 Å². The van der Waals surface area contributed by atoms with E-state index in [0.29, 0.717) is 6.42 Å². The van der Waals surface area contributed by atoms with Gasteiger partial charge in [0.1, 0.15) is 19.8 Å². The summed E-state index contributed by atoms with van der Waals surface area (Å²) in [5, 5.41) is 22.7. The smallest absolute Gasteiger partial charge is 0.407 e. The molecule has 0 aliphatic rings. The number of carbonyl (C=O) groups is 4. The molecule has 24 heavy (non-hydrogen) atoms. The molecule has 0 heterocycles. The number of carboxylic acid groups (broad SMARTS) is 2. The summed E-state index contributed by atoms with van der Waals surface area (Å²) in [4.78, 5) is 43.1. The maximum Gasteiger partial charge on any atom is 0.407 e. The highest BCUT2D eigenvalue weighted by atomic mass is 16.6. The molecule has 0 saturated carbocycles. The first kappa shape index (κ1) is 23.7. The Bertz CT molecular complexity index is 407. The van der Waals surface area contributed by atoms with Crippen molar-refractivity contribution in [3.63, 3.8) is 0 Å². The van der Waals surface area contributed by atoms with Gasteiger partial charge in [-0.2, -0.15) is 0 Å². The number of rotatable bonds is 10. The summed E-state index contributed by atoms with van der Waals surface area (Å²) in [5.41, 5.74) is -0.686. The summed E-state index contributed by atoms with van der Waals surface area (Å²) in [7, 11) is 0. The molecule has 0 fully saturated rings. The van der Waals surface area contributed by atoms with E-state index in [0.717, 1.165) is 6.42 Å². The Morgan fingerprint density at radius 2 is 1.50 bits per heavy atom. The Kier molecular flexibility index (Phi) is 11.8. The molecule has 0 bridgehead atoms. The molecule has 0 aromatic rings. The molecule has 0 aromatic heterocycles. The number of hydrogen-bond donors (Lipinski definition) is 4. The average molecular weight is 351 g/mol. The average Bonchev–Trinajstić information content (AvgIpc) is 2.47. The fourth-order valence-corrected chi connectivity index (χ4v) is 1.66. The zero-order chi connectivity index (χ0) is 17.9. The third kappa shape index (κ3) is 12.0. The lowest BCUT2D eigenvalue weighted by Crippen LogP contribution is -2.40. The van der Waals surface area contributed by atoms with Crippen molar-refractivity contribution in [1.82, 2.24) is 16.8 Å². The first-order chi connectivity index (χ1) is 10.7. The van der Waals surface area contributed by atoms with Crippen molar-refractivity contribution in [1.29, 1.82) is 0 Å². The van der Waals surface area contributed by atoms with Gasteiger partial charge in [-0.1, -0.05) is 20.3 Å². The highest BCUT2D eigenvalue weighted by molar-refractivity contribution is 5.76. The molecule has 0 saturated heterocycles. The summed E-state index contributed by atoms with van der Waals surface area (Å²) in [6, 6.07) is 0. The second-order valence-corrected chi connectivity index (χ2v) is 5.19. The van der Waals surface area contributed by atoms with Gasteiger partial charge in [0, 0.05) is 5.41 Å². The van der Waals surface area contributed by atoms with E-state index in [-0.39, 0.29) is 19.4 Å². The highest BCUT2D eigenvalue weighted by Crippen LogP contribution is 2.24. The largest absolute Gasteiger partial charge is 0.548 e. The third-order valence-corrected chi connectivity index (χ3v) is 2.72. The standard InChI is InChI=1S/C13H22N2O8.H3N/c1-3-4-13(2,7-22-11(20)14-5-9(16)17)8-23-12(21)15-6-10(18)19;/h3-8H2,1-2H3,(H,14,20)(H,15,21)(H,16,17)(H,18,19);1H3. The van der Waals surface area contributed by atoms with Gasteiger partial charge in [0.25, 0.3) is 0 Å². The first-order valence-electron chi connectivity index (χ1n) is 6.91. The number of ether oxygens (including phenoxy) is 2. The maximum absolute atomic E-state index is 11.3. The monoisotopic (exact) mass is 351 g/mol. The summed E-state index contributed by atoms with van der Waals surface area (Å²) >= 11 is 0. The molecule has 0 spiro atoms. The summed E-state index contributed by atoms with van der Waals surface area (Å²) in [5.74, 6) is -2.65. The zero-order valence-corrected chi connectivity index (χ0v) is 14.0. The highest BCUT2D eigenvalue weighted by Gasteiger charge is 2.27. The number of alkyl carbamates (subject to hydrolysis) is 2. The minimum absolute atomic E-state index is 0. The van der Waals surface area contributed by atoms with E-state index in [1.807, 2.05) is 17.6 Å². The van der Waals surface area contributed by atoms with Crippen molar-refractivity contribution < 1.29 is 38.9 Å². The molecule has 0 aromatic carbocycles. The fourth-order valence-electron chi connectivity index (χ4n) is 1.66. The van der Waals surface area contributed by atoms with Gasteiger partial charge in [-0.15, -0.1) is 0 Å². The Balaban J connectivity index is 0. The van der Waals surface area contributed by atoms with Crippen LogP contribution in [-0.2, 0) is 19.1 Å². The van der Waals surface area contributed by atoms with Crippen LogP contribution < -0.4 is 21.9 Å². The van der Waals surface area contributed by atoms with Crippen LogP contribution in [0.5, 0.6) is 0 Å². The topological polar surface area (TPSA) is 191 Å². The number of aliphatic carboxylic acids is 2. The molecule has 0 aliphatic carbocycles. The molecule has 7 N–H and O–H groups in total. The van der Waals surface area contributed by atoms with Gasteiger partial charge in [-0.05, 0) is 6.42 Å². The van der Waals surface area contributed by atoms with Crippen molar-refractivity contribution in [3.8, 4) is 0 Å². The van der Waals surface area contributed by atoms with Crippen LogP contribution in [0, 0.1) is 5.41 Å². The Morgan fingerprint density at radius 3 is 1.88 bits per heavy atom. The van der Waals surface area contributed by atoms with Crippen LogP contribution in [0.4, 0.5) is 9.59 Å².